The SMILES string of the molecule is CCCNCc1ccc(F)c(S(=O)(=O)N(C)CC)c1. The molecule has 0 heterocycles. The summed E-state index contributed by atoms with van der Waals surface area (Å²) in [5, 5.41) is 3.16. The highest BCUT2D eigenvalue weighted by Gasteiger charge is 2.23. The summed E-state index contributed by atoms with van der Waals surface area (Å²) in [7, 11) is -2.30. The van der Waals surface area contributed by atoms with E-state index < -0.39 is 15.8 Å². The molecule has 0 aliphatic carbocycles. The molecule has 0 radical (unpaired) electrons. The molecule has 0 unspecified atom stereocenters. The minimum atomic E-state index is -3.74. The van der Waals surface area contributed by atoms with Crippen molar-refractivity contribution in [3.8, 4) is 0 Å². The molecule has 0 aliphatic rings. The highest BCUT2D eigenvalue weighted by Crippen LogP contribution is 2.19. The zero-order valence-corrected chi connectivity index (χ0v) is 12.4. The van der Waals surface area contributed by atoms with E-state index in [4.69, 9.17) is 0 Å². The molecular formula is C13H21FN2O2S. The molecule has 4 nitrogen and oxygen atoms in total. The minimum Gasteiger partial charge on any atom is -0.313 e. The Morgan fingerprint density at radius 2 is 2.00 bits per heavy atom. The van der Waals surface area contributed by atoms with Crippen molar-refractivity contribution >= 4 is 10.0 Å². The average Bonchev–Trinajstić information content (AvgIpc) is 2.39. The summed E-state index contributed by atoms with van der Waals surface area (Å²) in [4.78, 5) is -0.257. The molecule has 6 heteroatoms. The molecule has 1 aromatic rings. The van der Waals surface area contributed by atoms with Gasteiger partial charge in [0.15, 0.2) is 0 Å². The van der Waals surface area contributed by atoms with Gasteiger partial charge >= 0.3 is 0 Å². The van der Waals surface area contributed by atoms with E-state index in [1.165, 1.54) is 19.2 Å². The van der Waals surface area contributed by atoms with Crippen LogP contribution in [0.25, 0.3) is 0 Å². The van der Waals surface area contributed by atoms with Gasteiger partial charge in [-0.15, -0.1) is 0 Å². The fraction of sp³-hybridized carbons (Fsp3) is 0.538. The normalized spacial score (nSPS) is 12.1. The van der Waals surface area contributed by atoms with Crippen molar-refractivity contribution in [3.05, 3.63) is 29.6 Å². The molecule has 19 heavy (non-hydrogen) atoms. The van der Waals surface area contributed by atoms with Crippen molar-refractivity contribution in [3.63, 3.8) is 0 Å². The number of benzene rings is 1. The average molecular weight is 288 g/mol. The van der Waals surface area contributed by atoms with Crippen LogP contribution in [-0.2, 0) is 16.6 Å². The van der Waals surface area contributed by atoms with Crippen molar-refractivity contribution in [2.24, 2.45) is 0 Å². The molecule has 1 aromatic carbocycles. The number of hydrogen-bond acceptors (Lipinski definition) is 3. The van der Waals surface area contributed by atoms with Gasteiger partial charge in [0.1, 0.15) is 10.7 Å². The molecule has 1 N–H and O–H groups in total. The van der Waals surface area contributed by atoms with Crippen LogP contribution in [0.2, 0.25) is 0 Å². The molecule has 0 fully saturated rings. The van der Waals surface area contributed by atoms with E-state index in [1.54, 1.807) is 13.0 Å². The second-order valence-corrected chi connectivity index (χ2v) is 6.37. The number of hydrogen-bond donors (Lipinski definition) is 1. The third-order valence-electron chi connectivity index (χ3n) is 2.89. The Morgan fingerprint density at radius 3 is 2.58 bits per heavy atom. The quantitative estimate of drug-likeness (QED) is 0.780. The molecule has 0 aromatic heterocycles. The first-order valence-corrected chi connectivity index (χ1v) is 7.83. The van der Waals surface area contributed by atoms with E-state index in [0.717, 1.165) is 22.8 Å². The Bertz CT molecular complexity index is 517. The van der Waals surface area contributed by atoms with Crippen molar-refractivity contribution in [1.29, 1.82) is 0 Å². The number of nitrogens with one attached hydrogen (secondary N) is 1. The molecule has 0 saturated carbocycles. The molecule has 108 valence electrons. The standard InChI is InChI=1S/C13H21FN2O2S/c1-4-8-15-10-11-6-7-12(14)13(9-11)19(17,18)16(3)5-2/h6-7,9,15H,4-5,8,10H2,1-3H3. The fourth-order valence-electron chi connectivity index (χ4n) is 1.60. The number of halogens is 1. The van der Waals surface area contributed by atoms with E-state index in [1.807, 2.05) is 6.92 Å². The summed E-state index contributed by atoms with van der Waals surface area (Å²) in [5.41, 5.74) is 0.762. The predicted octanol–water partition coefficient (Wildman–Crippen LogP) is 1.97. The number of nitrogens with zero attached hydrogens (tertiary/aromatic N) is 1. The lowest BCUT2D eigenvalue weighted by atomic mass is 10.2. The second-order valence-electron chi connectivity index (χ2n) is 4.36. The summed E-state index contributed by atoms with van der Waals surface area (Å²) in [6, 6.07) is 4.21. The summed E-state index contributed by atoms with van der Waals surface area (Å²) in [6.45, 7) is 5.44. The predicted molar refractivity (Wildman–Crippen MR) is 73.9 cm³/mol. The Balaban J connectivity index is 3.04. The van der Waals surface area contributed by atoms with Gasteiger partial charge in [0.2, 0.25) is 10.0 Å². The van der Waals surface area contributed by atoms with E-state index in [9.17, 15) is 12.8 Å². The third-order valence-corrected chi connectivity index (χ3v) is 4.83. The van der Waals surface area contributed by atoms with E-state index in [-0.39, 0.29) is 4.90 Å². The van der Waals surface area contributed by atoms with Crippen molar-refractivity contribution in [1.82, 2.24) is 9.62 Å². The highest BCUT2D eigenvalue weighted by atomic mass is 32.2. The van der Waals surface area contributed by atoms with Crippen LogP contribution in [0.15, 0.2) is 23.1 Å². The first kappa shape index (κ1) is 16.1. The molecule has 0 amide bonds. The monoisotopic (exact) mass is 288 g/mol. The summed E-state index contributed by atoms with van der Waals surface area (Å²) < 4.78 is 39.1. The fourth-order valence-corrected chi connectivity index (χ4v) is 2.89. The molecule has 0 bridgehead atoms. The summed E-state index contributed by atoms with van der Waals surface area (Å²) in [5.74, 6) is -0.709. The topological polar surface area (TPSA) is 49.4 Å². The van der Waals surface area contributed by atoms with Gasteiger partial charge in [-0.05, 0) is 30.7 Å². The van der Waals surface area contributed by atoms with Crippen molar-refractivity contribution in [2.75, 3.05) is 20.1 Å². The Kier molecular flexibility index (Phi) is 5.90. The lowest BCUT2D eigenvalue weighted by molar-refractivity contribution is 0.477. The Morgan fingerprint density at radius 1 is 1.32 bits per heavy atom. The molecular weight excluding hydrogens is 267 g/mol. The highest BCUT2D eigenvalue weighted by molar-refractivity contribution is 7.89. The molecule has 0 saturated heterocycles. The minimum absolute atomic E-state index is 0.257. The van der Waals surface area contributed by atoms with Gasteiger partial charge in [0.25, 0.3) is 0 Å². The Hall–Kier alpha value is -0.980. The van der Waals surface area contributed by atoms with E-state index >= 15 is 0 Å². The maximum absolute atomic E-state index is 13.7. The van der Waals surface area contributed by atoms with Crippen molar-refractivity contribution in [2.45, 2.75) is 31.7 Å². The van der Waals surface area contributed by atoms with Gasteiger partial charge < -0.3 is 5.32 Å². The van der Waals surface area contributed by atoms with Crippen LogP contribution in [0.1, 0.15) is 25.8 Å². The van der Waals surface area contributed by atoms with Gasteiger partial charge in [-0.2, -0.15) is 0 Å². The van der Waals surface area contributed by atoms with Crippen LogP contribution in [0.5, 0.6) is 0 Å². The second kappa shape index (κ2) is 6.98. The van der Waals surface area contributed by atoms with Gasteiger partial charge in [-0.1, -0.05) is 19.9 Å². The number of rotatable bonds is 7. The van der Waals surface area contributed by atoms with Gasteiger partial charge in [-0.3, -0.25) is 0 Å². The van der Waals surface area contributed by atoms with Crippen LogP contribution in [-0.4, -0.2) is 32.9 Å². The Labute approximate surface area is 114 Å². The van der Waals surface area contributed by atoms with Crippen molar-refractivity contribution < 1.29 is 12.8 Å². The van der Waals surface area contributed by atoms with Crippen LogP contribution in [0.4, 0.5) is 4.39 Å². The zero-order chi connectivity index (χ0) is 14.5. The lowest BCUT2D eigenvalue weighted by Crippen LogP contribution is -2.27. The van der Waals surface area contributed by atoms with E-state index in [2.05, 4.69) is 5.32 Å². The molecule has 1 rings (SSSR count). The molecule has 0 spiro atoms. The van der Waals surface area contributed by atoms with Crippen LogP contribution in [0, 0.1) is 5.82 Å². The van der Waals surface area contributed by atoms with E-state index in [0.29, 0.717) is 13.1 Å². The lowest BCUT2D eigenvalue weighted by Gasteiger charge is -2.16. The van der Waals surface area contributed by atoms with Gasteiger partial charge in [0, 0.05) is 20.1 Å². The van der Waals surface area contributed by atoms with Crippen LogP contribution >= 0.6 is 0 Å². The summed E-state index contributed by atoms with van der Waals surface area (Å²) in [6.07, 6.45) is 0.991. The van der Waals surface area contributed by atoms with Gasteiger partial charge in [-0.25, -0.2) is 17.1 Å². The first-order chi connectivity index (χ1) is 8.93. The van der Waals surface area contributed by atoms with Crippen LogP contribution in [0.3, 0.4) is 0 Å². The maximum atomic E-state index is 13.7. The number of sulfonamides is 1. The summed E-state index contributed by atoms with van der Waals surface area (Å²) >= 11 is 0. The zero-order valence-electron chi connectivity index (χ0n) is 11.6. The first-order valence-electron chi connectivity index (χ1n) is 6.39. The van der Waals surface area contributed by atoms with Gasteiger partial charge in [0.05, 0.1) is 0 Å². The van der Waals surface area contributed by atoms with Crippen LogP contribution < -0.4 is 5.32 Å². The molecule has 0 atom stereocenters. The maximum Gasteiger partial charge on any atom is 0.245 e. The third kappa shape index (κ3) is 3.99. The smallest absolute Gasteiger partial charge is 0.245 e. The largest absolute Gasteiger partial charge is 0.313 e. The molecule has 0 aliphatic heterocycles.